The summed E-state index contributed by atoms with van der Waals surface area (Å²) in [7, 11) is 0. The number of hydrogen-bond donors (Lipinski definition) is 1. The Morgan fingerprint density at radius 1 is 1.29 bits per heavy atom. The molecule has 0 rings (SSSR count). The molecule has 0 radical (unpaired) electrons. The zero-order valence-corrected chi connectivity index (χ0v) is 11.5. The summed E-state index contributed by atoms with van der Waals surface area (Å²) in [6, 6.07) is 0. The first-order chi connectivity index (χ1) is 8.02. The van der Waals surface area contributed by atoms with Gasteiger partial charge in [-0.05, 0) is 25.7 Å². The maximum absolute atomic E-state index is 11.3. The molecule has 0 unspecified atom stereocenters. The van der Waals surface area contributed by atoms with Crippen LogP contribution in [-0.2, 0) is 4.79 Å². The van der Waals surface area contributed by atoms with Gasteiger partial charge in [-0.25, -0.2) is 0 Å². The quantitative estimate of drug-likeness (QED) is 0.306. The molecule has 4 heteroatoms. The summed E-state index contributed by atoms with van der Waals surface area (Å²) in [6.45, 7) is 8.68. The lowest BCUT2D eigenvalue weighted by atomic mass is 10.0. The summed E-state index contributed by atoms with van der Waals surface area (Å²) in [5.41, 5.74) is 1.72. The van der Waals surface area contributed by atoms with E-state index >= 15 is 0 Å². The third-order valence-electron chi connectivity index (χ3n) is 2.55. The topological polar surface area (TPSA) is 67.8 Å². The smallest absolute Gasteiger partial charge is 0.132 e. The number of ketones is 1. The van der Waals surface area contributed by atoms with Crippen LogP contribution < -0.4 is 5.84 Å². The molecule has 0 saturated carbocycles. The van der Waals surface area contributed by atoms with Crippen molar-refractivity contribution < 1.29 is 4.79 Å². The second kappa shape index (κ2) is 8.90. The largest absolute Gasteiger partial charge is 0.323 e. The second-order valence-corrected chi connectivity index (χ2v) is 4.53. The van der Waals surface area contributed by atoms with E-state index in [1.165, 1.54) is 0 Å². The van der Waals surface area contributed by atoms with E-state index in [9.17, 15) is 4.79 Å². The van der Waals surface area contributed by atoms with Crippen molar-refractivity contribution >= 4 is 17.2 Å². The number of nitrogens with zero attached hydrogens (tertiary/aromatic N) is 2. The highest BCUT2D eigenvalue weighted by molar-refractivity contribution is 6.42. The van der Waals surface area contributed by atoms with Gasteiger partial charge in [0.2, 0.25) is 0 Å². The number of hydrogen-bond acceptors (Lipinski definition) is 4. The van der Waals surface area contributed by atoms with Crippen molar-refractivity contribution in [2.75, 3.05) is 6.54 Å². The van der Waals surface area contributed by atoms with E-state index in [1.807, 2.05) is 27.7 Å². The van der Waals surface area contributed by atoms with Gasteiger partial charge in [0.15, 0.2) is 0 Å². The Morgan fingerprint density at radius 3 is 2.41 bits per heavy atom. The summed E-state index contributed by atoms with van der Waals surface area (Å²) >= 11 is 0. The molecule has 0 atom stereocenters. The van der Waals surface area contributed by atoms with Crippen LogP contribution in [0.1, 0.15) is 53.4 Å². The fourth-order valence-electron chi connectivity index (χ4n) is 1.67. The van der Waals surface area contributed by atoms with E-state index < -0.39 is 0 Å². The Balaban J connectivity index is 4.04. The van der Waals surface area contributed by atoms with Crippen LogP contribution in [0.15, 0.2) is 10.1 Å². The van der Waals surface area contributed by atoms with Crippen LogP contribution in [0.2, 0.25) is 0 Å². The van der Waals surface area contributed by atoms with Crippen LogP contribution in [0.4, 0.5) is 0 Å². The average Bonchev–Trinajstić information content (AvgIpc) is 2.25. The molecule has 0 aromatic carbocycles. The van der Waals surface area contributed by atoms with Crippen molar-refractivity contribution in [2.24, 2.45) is 21.9 Å². The van der Waals surface area contributed by atoms with Crippen molar-refractivity contribution in [1.82, 2.24) is 0 Å². The van der Waals surface area contributed by atoms with Gasteiger partial charge in [-0.3, -0.25) is 9.79 Å². The van der Waals surface area contributed by atoms with E-state index in [1.54, 1.807) is 0 Å². The fraction of sp³-hybridized carbons (Fsp3) is 0.769. The van der Waals surface area contributed by atoms with Crippen molar-refractivity contribution in [3.8, 4) is 0 Å². The first-order valence-electron chi connectivity index (χ1n) is 6.33. The summed E-state index contributed by atoms with van der Waals surface area (Å²) < 4.78 is 0. The third-order valence-corrected chi connectivity index (χ3v) is 2.55. The normalized spacial score (nSPS) is 13.2. The number of rotatable bonds is 8. The molecule has 0 aromatic rings. The number of aliphatic imine (C=N–C) groups is 1. The lowest BCUT2D eigenvalue weighted by Crippen LogP contribution is -2.19. The minimum absolute atomic E-state index is 0.283. The van der Waals surface area contributed by atoms with E-state index in [2.05, 4.69) is 10.1 Å². The highest BCUT2D eigenvalue weighted by atomic mass is 16.1. The third kappa shape index (κ3) is 6.87. The monoisotopic (exact) mass is 239 g/mol. The van der Waals surface area contributed by atoms with Crippen LogP contribution >= 0.6 is 0 Å². The Labute approximate surface area is 104 Å². The highest BCUT2D eigenvalue weighted by Crippen LogP contribution is 2.02. The first-order valence-corrected chi connectivity index (χ1v) is 6.33. The molecular weight excluding hydrogens is 214 g/mol. The van der Waals surface area contributed by atoms with Crippen molar-refractivity contribution in [3.05, 3.63) is 0 Å². The molecule has 0 fully saturated rings. The van der Waals surface area contributed by atoms with E-state index in [-0.39, 0.29) is 5.92 Å². The molecular formula is C13H25N3O. The molecule has 98 valence electrons. The average molecular weight is 239 g/mol. The van der Waals surface area contributed by atoms with Crippen molar-refractivity contribution in [3.63, 3.8) is 0 Å². The zero-order valence-electron chi connectivity index (χ0n) is 11.5. The van der Waals surface area contributed by atoms with Gasteiger partial charge in [-0.1, -0.05) is 20.8 Å². The number of carbonyl (C=O) groups excluding carboxylic acids is 1. The first kappa shape index (κ1) is 15.8. The minimum atomic E-state index is 0.283. The fourth-order valence-corrected chi connectivity index (χ4v) is 1.67. The van der Waals surface area contributed by atoms with Crippen LogP contribution in [0.5, 0.6) is 0 Å². The molecule has 0 aliphatic carbocycles. The van der Waals surface area contributed by atoms with Gasteiger partial charge in [-0.2, -0.15) is 5.10 Å². The predicted molar refractivity (Wildman–Crippen MR) is 73.6 cm³/mol. The maximum atomic E-state index is 11.3. The minimum Gasteiger partial charge on any atom is -0.323 e. The Kier molecular flexibility index (Phi) is 8.28. The van der Waals surface area contributed by atoms with Crippen LogP contribution in [-0.4, -0.2) is 23.8 Å². The standard InChI is InChI=1S/C13H25N3O/c1-5-7-12(17)8-6-9-15-11(4)13(16-14)10(2)3/h10H,5-9,14H2,1-4H3/b15-11?,16-13-. The Bertz CT molecular complexity index is 293. The summed E-state index contributed by atoms with van der Waals surface area (Å²) in [4.78, 5) is 15.7. The van der Waals surface area contributed by atoms with Gasteiger partial charge in [0.25, 0.3) is 0 Å². The molecule has 4 nitrogen and oxygen atoms in total. The molecule has 0 heterocycles. The maximum Gasteiger partial charge on any atom is 0.132 e. The van der Waals surface area contributed by atoms with Crippen molar-refractivity contribution in [2.45, 2.75) is 53.4 Å². The number of hydrazone groups is 1. The number of nitrogens with two attached hydrogens (primary N) is 1. The molecule has 2 N–H and O–H groups in total. The van der Waals surface area contributed by atoms with Gasteiger partial charge >= 0.3 is 0 Å². The molecule has 0 bridgehead atoms. The van der Waals surface area contributed by atoms with Gasteiger partial charge in [-0.15, -0.1) is 0 Å². The Hall–Kier alpha value is -1.19. The summed E-state index contributed by atoms with van der Waals surface area (Å²) in [6.07, 6.45) is 3.05. The number of Topliss-reactive ketones (excluding diaryl/α,β-unsaturated/α-hetero) is 1. The SMILES string of the molecule is CCCC(=O)CCCN=C(C)/C(=N\N)C(C)C. The highest BCUT2D eigenvalue weighted by Gasteiger charge is 2.08. The van der Waals surface area contributed by atoms with E-state index in [0.717, 1.165) is 24.3 Å². The lowest BCUT2D eigenvalue weighted by molar-refractivity contribution is -0.119. The molecule has 0 aliphatic heterocycles. The van der Waals surface area contributed by atoms with Crippen LogP contribution in [0.25, 0.3) is 0 Å². The molecule has 0 spiro atoms. The van der Waals surface area contributed by atoms with Gasteiger partial charge in [0.1, 0.15) is 5.78 Å². The van der Waals surface area contributed by atoms with Gasteiger partial charge in [0.05, 0.1) is 11.4 Å². The second-order valence-electron chi connectivity index (χ2n) is 4.53. The summed E-state index contributed by atoms with van der Waals surface area (Å²) in [5, 5.41) is 3.75. The molecule has 0 amide bonds. The number of carbonyl (C=O) groups is 1. The van der Waals surface area contributed by atoms with Gasteiger partial charge < -0.3 is 5.84 Å². The van der Waals surface area contributed by atoms with Crippen molar-refractivity contribution in [1.29, 1.82) is 0 Å². The lowest BCUT2D eigenvalue weighted by Gasteiger charge is -2.08. The van der Waals surface area contributed by atoms with Crippen LogP contribution in [0.3, 0.4) is 0 Å². The summed E-state index contributed by atoms with van der Waals surface area (Å²) in [5.74, 6) is 5.93. The zero-order chi connectivity index (χ0) is 13.3. The molecule has 0 saturated heterocycles. The van der Waals surface area contributed by atoms with Crippen LogP contribution in [0, 0.1) is 5.92 Å². The molecule has 0 aliphatic rings. The van der Waals surface area contributed by atoms with E-state index in [4.69, 9.17) is 5.84 Å². The molecule has 0 aromatic heterocycles. The predicted octanol–water partition coefficient (Wildman–Crippen LogP) is 2.57. The molecule has 17 heavy (non-hydrogen) atoms. The van der Waals surface area contributed by atoms with E-state index in [0.29, 0.717) is 25.2 Å². The van der Waals surface area contributed by atoms with Gasteiger partial charge in [0, 0.05) is 19.4 Å². The Morgan fingerprint density at radius 2 is 1.94 bits per heavy atom.